The van der Waals surface area contributed by atoms with Crippen molar-refractivity contribution in [2.24, 2.45) is 0 Å². The van der Waals surface area contributed by atoms with Crippen LogP contribution in [0, 0.1) is 12.7 Å². The molecule has 0 unspecified atom stereocenters. The topological polar surface area (TPSA) is 30.7 Å². The van der Waals surface area contributed by atoms with Gasteiger partial charge in [0, 0.05) is 17.9 Å². The van der Waals surface area contributed by atoms with Gasteiger partial charge in [-0.2, -0.15) is 0 Å². The summed E-state index contributed by atoms with van der Waals surface area (Å²) >= 11 is 1.56. The molecular formula is C23H20FN3S. The summed E-state index contributed by atoms with van der Waals surface area (Å²) in [6, 6.07) is 25.2. The van der Waals surface area contributed by atoms with Crippen molar-refractivity contribution in [3.05, 3.63) is 107 Å². The van der Waals surface area contributed by atoms with Gasteiger partial charge in [0.1, 0.15) is 11.6 Å². The van der Waals surface area contributed by atoms with E-state index in [1.54, 1.807) is 23.9 Å². The van der Waals surface area contributed by atoms with Crippen molar-refractivity contribution in [2.75, 3.05) is 0 Å². The second-order valence-electron chi connectivity index (χ2n) is 6.65. The number of halogens is 1. The quantitative estimate of drug-likeness (QED) is 0.402. The fourth-order valence-corrected chi connectivity index (χ4v) is 4.00. The van der Waals surface area contributed by atoms with E-state index < -0.39 is 0 Å². The minimum Gasteiger partial charge on any atom is -0.274 e. The van der Waals surface area contributed by atoms with Crippen molar-refractivity contribution in [1.82, 2.24) is 14.8 Å². The van der Waals surface area contributed by atoms with Crippen LogP contribution in [0.2, 0.25) is 0 Å². The third-order valence-electron chi connectivity index (χ3n) is 4.42. The maximum Gasteiger partial charge on any atom is 0.196 e. The van der Waals surface area contributed by atoms with Crippen molar-refractivity contribution in [1.29, 1.82) is 0 Å². The summed E-state index contributed by atoms with van der Waals surface area (Å²) < 4.78 is 15.6. The number of thioether (sulfide) groups is 1. The zero-order valence-electron chi connectivity index (χ0n) is 15.5. The number of aryl methyl sites for hydroxylation is 1. The van der Waals surface area contributed by atoms with Gasteiger partial charge in [-0.25, -0.2) is 4.39 Å². The van der Waals surface area contributed by atoms with E-state index in [1.165, 1.54) is 17.2 Å². The van der Waals surface area contributed by atoms with Crippen LogP contribution >= 0.6 is 11.8 Å². The largest absolute Gasteiger partial charge is 0.274 e. The second kappa shape index (κ2) is 8.40. The van der Waals surface area contributed by atoms with Gasteiger partial charge in [-0.3, -0.25) is 4.57 Å². The fourth-order valence-electron chi connectivity index (χ4n) is 3.09. The minimum atomic E-state index is -0.219. The summed E-state index contributed by atoms with van der Waals surface area (Å²) in [5, 5.41) is 9.71. The van der Waals surface area contributed by atoms with Gasteiger partial charge in [-0.1, -0.05) is 66.4 Å². The van der Waals surface area contributed by atoms with Gasteiger partial charge < -0.3 is 0 Å². The van der Waals surface area contributed by atoms with Crippen LogP contribution in [-0.2, 0) is 12.2 Å². The van der Waals surface area contributed by atoms with Gasteiger partial charge in [-0.05, 0) is 47.9 Å². The smallest absolute Gasteiger partial charge is 0.196 e. The van der Waals surface area contributed by atoms with Crippen LogP contribution in [0.25, 0.3) is 5.69 Å². The summed E-state index contributed by atoms with van der Waals surface area (Å²) in [4.78, 5) is 0. The molecule has 3 aromatic carbocycles. The number of hydrogen-bond donors (Lipinski definition) is 0. The van der Waals surface area contributed by atoms with Gasteiger partial charge >= 0.3 is 0 Å². The summed E-state index contributed by atoms with van der Waals surface area (Å²) in [7, 11) is 0. The monoisotopic (exact) mass is 389 g/mol. The van der Waals surface area contributed by atoms with Crippen LogP contribution in [0.5, 0.6) is 0 Å². The molecular weight excluding hydrogens is 369 g/mol. The third kappa shape index (κ3) is 4.31. The molecule has 0 radical (unpaired) electrons. The molecule has 0 N–H and O–H groups in total. The van der Waals surface area contributed by atoms with E-state index in [9.17, 15) is 4.39 Å². The molecule has 0 saturated heterocycles. The van der Waals surface area contributed by atoms with E-state index in [0.717, 1.165) is 22.2 Å². The zero-order chi connectivity index (χ0) is 19.3. The molecule has 0 aliphatic heterocycles. The number of benzene rings is 3. The number of aromatic nitrogens is 3. The normalized spacial score (nSPS) is 10.9. The molecule has 1 aromatic heterocycles. The first kappa shape index (κ1) is 18.4. The van der Waals surface area contributed by atoms with Gasteiger partial charge in [0.25, 0.3) is 0 Å². The first-order chi connectivity index (χ1) is 13.7. The van der Waals surface area contributed by atoms with E-state index in [-0.39, 0.29) is 5.82 Å². The van der Waals surface area contributed by atoms with Crippen LogP contribution in [0.3, 0.4) is 0 Å². The SMILES string of the molecule is Cc1cccc(-n2c(Cc3ccccc3)nnc2SCc2cccc(F)c2)c1. The Morgan fingerprint density at radius 1 is 0.857 bits per heavy atom. The van der Waals surface area contributed by atoms with Crippen LogP contribution in [0.4, 0.5) is 4.39 Å². The molecule has 140 valence electrons. The summed E-state index contributed by atoms with van der Waals surface area (Å²) in [5.41, 5.74) is 4.33. The van der Waals surface area contributed by atoms with E-state index in [0.29, 0.717) is 12.2 Å². The predicted octanol–water partition coefficient (Wildman–Crippen LogP) is 5.60. The Labute approximate surface area is 168 Å². The van der Waals surface area contributed by atoms with Gasteiger partial charge in [0.15, 0.2) is 5.16 Å². The van der Waals surface area contributed by atoms with Crippen molar-refractivity contribution in [2.45, 2.75) is 24.3 Å². The Bertz CT molecular complexity index is 1080. The van der Waals surface area contributed by atoms with E-state index in [2.05, 4.69) is 52.0 Å². The number of hydrogen-bond acceptors (Lipinski definition) is 3. The molecule has 1 heterocycles. The average Bonchev–Trinajstić information content (AvgIpc) is 3.10. The Hall–Kier alpha value is -2.92. The molecule has 0 aliphatic carbocycles. The first-order valence-electron chi connectivity index (χ1n) is 9.11. The predicted molar refractivity (Wildman–Crippen MR) is 111 cm³/mol. The summed E-state index contributed by atoms with van der Waals surface area (Å²) in [6.07, 6.45) is 0.697. The molecule has 0 fully saturated rings. The second-order valence-corrected chi connectivity index (χ2v) is 7.60. The molecule has 3 nitrogen and oxygen atoms in total. The summed E-state index contributed by atoms with van der Waals surface area (Å²) in [6.45, 7) is 2.07. The Morgan fingerprint density at radius 2 is 1.64 bits per heavy atom. The molecule has 28 heavy (non-hydrogen) atoms. The molecule has 0 amide bonds. The highest BCUT2D eigenvalue weighted by Crippen LogP contribution is 2.27. The van der Waals surface area contributed by atoms with Crippen LogP contribution in [-0.4, -0.2) is 14.8 Å². The highest BCUT2D eigenvalue weighted by molar-refractivity contribution is 7.98. The van der Waals surface area contributed by atoms with Crippen LogP contribution in [0.1, 0.15) is 22.5 Å². The molecule has 0 aliphatic rings. The number of rotatable bonds is 6. The molecule has 5 heteroatoms. The van der Waals surface area contributed by atoms with Crippen molar-refractivity contribution in [3.8, 4) is 5.69 Å². The first-order valence-corrected chi connectivity index (χ1v) is 10.1. The lowest BCUT2D eigenvalue weighted by Gasteiger charge is -2.11. The average molecular weight is 389 g/mol. The van der Waals surface area contributed by atoms with Gasteiger partial charge in [-0.15, -0.1) is 10.2 Å². The molecule has 0 atom stereocenters. The molecule has 0 spiro atoms. The lowest BCUT2D eigenvalue weighted by molar-refractivity contribution is 0.626. The third-order valence-corrected chi connectivity index (χ3v) is 5.42. The number of nitrogens with zero attached hydrogens (tertiary/aromatic N) is 3. The van der Waals surface area contributed by atoms with Crippen LogP contribution in [0.15, 0.2) is 84.0 Å². The molecule has 4 rings (SSSR count). The molecule has 0 saturated carbocycles. The molecule has 0 bridgehead atoms. The van der Waals surface area contributed by atoms with E-state index in [4.69, 9.17) is 0 Å². The Morgan fingerprint density at radius 3 is 2.43 bits per heavy atom. The molecule has 4 aromatic rings. The fraction of sp³-hybridized carbons (Fsp3) is 0.130. The van der Waals surface area contributed by atoms with Crippen molar-refractivity contribution < 1.29 is 4.39 Å². The van der Waals surface area contributed by atoms with Gasteiger partial charge in [0.05, 0.1) is 0 Å². The standard InChI is InChI=1S/C23H20FN3S/c1-17-7-5-12-21(13-17)27-22(15-18-8-3-2-4-9-18)25-26-23(27)28-16-19-10-6-11-20(24)14-19/h2-14H,15-16H2,1H3. The maximum absolute atomic E-state index is 13.5. The minimum absolute atomic E-state index is 0.219. The van der Waals surface area contributed by atoms with Crippen molar-refractivity contribution >= 4 is 11.8 Å². The zero-order valence-corrected chi connectivity index (χ0v) is 16.4. The summed E-state index contributed by atoms with van der Waals surface area (Å²) in [5.74, 6) is 1.30. The van der Waals surface area contributed by atoms with E-state index >= 15 is 0 Å². The highest BCUT2D eigenvalue weighted by atomic mass is 32.2. The lowest BCUT2D eigenvalue weighted by atomic mass is 10.1. The van der Waals surface area contributed by atoms with Crippen molar-refractivity contribution in [3.63, 3.8) is 0 Å². The Balaban J connectivity index is 1.67. The lowest BCUT2D eigenvalue weighted by Crippen LogP contribution is -2.04. The maximum atomic E-state index is 13.5. The van der Waals surface area contributed by atoms with Crippen LogP contribution < -0.4 is 0 Å². The van der Waals surface area contributed by atoms with Gasteiger partial charge in [0.2, 0.25) is 0 Å². The Kier molecular flexibility index (Phi) is 5.53. The van der Waals surface area contributed by atoms with E-state index in [1.807, 2.05) is 30.3 Å². The highest BCUT2D eigenvalue weighted by Gasteiger charge is 2.15.